The first-order valence-electron chi connectivity index (χ1n) is 6.40. The van der Waals surface area contributed by atoms with Crippen molar-refractivity contribution in [2.24, 2.45) is 0 Å². The van der Waals surface area contributed by atoms with Crippen LogP contribution in [0.3, 0.4) is 0 Å². The van der Waals surface area contributed by atoms with Gasteiger partial charge in [-0.05, 0) is 69.5 Å². The van der Waals surface area contributed by atoms with Crippen molar-refractivity contribution in [1.82, 2.24) is 4.90 Å². The molecule has 0 saturated carbocycles. The zero-order valence-corrected chi connectivity index (χ0v) is 11.6. The number of aliphatic hydroxyl groups excluding tert-OH is 1. The lowest BCUT2D eigenvalue weighted by Crippen LogP contribution is -2.20. The number of nitrogens with zero attached hydrogens (tertiary/aromatic N) is 1. The monoisotopic (exact) mass is 235 g/mol. The van der Waals surface area contributed by atoms with E-state index in [0.717, 1.165) is 25.9 Å². The van der Waals surface area contributed by atoms with Crippen LogP contribution in [0, 0.1) is 20.8 Å². The van der Waals surface area contributed by atoms with Gasteiger partial charge < -0.3 is 10.0 Å². The van der Waals surface area contributed by atoms with Crippen molar-refractivity contribution in [3.05, 3.63) is 34.4 Å². The van der Waals surface area contributed by atoms with Crippen LogP contribution in [0.1, 0.15) is 35.1 Å². The molecule has 1 N–H and O–H groups in total. The van der Waals surface area contributed by atoms with Crippen LogP contribution in [0.5, 0.6) is 0 Å². The lowest BCUT2D eigenvalue weighted by molar-refractivity contribution is 0.261. The van der Waals surface area contributed by atoms with Gasteiger partial charge in [-0.3, -0.25) is 0 Å². The van der Waals surface area contributed by atoms with Gasteiger partial charge in [0.05, 0.1) is 0 Å². The third-order valence-corrected chi connectivity index (χ3v) is 3.34. The summed E-state index contributed by atoms with van der Waals surface area (Å²) in [5.74, 6) is 0. The fourth-order valence-electron chi connectivity index (χ4n) is 2.05. The van der Waals surface area contributed by atoms with Crippen molar-refractivity contribution < 1.29 is 5.11 Å². The number of benzene rings is 1. The molecule has 0 heterocycles. The van der Waals surface area contributed by atoms with E-state index in [-0.39, 0.29) is 0 Å². The molecule has 0 unspecified atom stereocenters. The topological polar surface area (TPSA) is 23.5 Å². The summed E-state index contributed by atoms with van der Waals surface area (Å²) in [6.45, 7) is 8.87. The van der Waals surface area contributed by atoms with E-state index >= 15 is 0 Å². The third-order valence-electron chi connectivity index (χ3n) is 3.34. The standard InChI is InChI=1S/C15H25NO/c1-12-9-14(3)15(10-13(12)2)11-16(4)7-5-6-8-17/h9-10,17H,5-8,11H2,1-4H3. The average Bonchev–Trinajstić information content (AvgIpc) is 2.26. The molecular formula is C15H25NO. The van der Waals surface area contributed by atoms with Gasteiger partial charge in [-0.1, -0.05) is 12.1 Å². The quantitative estimate of drug-likeness (QED) is 0.766. The van der Waals surface area contributed by atoms with Crippen LogP contribution in [0.15, 0.2) is 12.1 Å². The van der Waals surface area contributed by atoms with E-state index in [2.05, 4.69) is 44.9 Å². The highest BCUT2D eigenvalue weighted by molar-refractivity contribution is 5.36. The van der Waals surface area contributed by atoms with E-state index in [1.807, 2.05) is 0 Å². The summed E-state index contributed by atoms with van der Waals surface area (Å²) in [6, 6.07) is 4.57. The minimum Gasteiger partial charge on any atom is -0.396 e. The van der Waals surface area contributed by atoms with E-state index < -0.39 is 0 Å². The normalized spacial score (nSPS) is 11.2. The van der Waals surface area contributed by atoms with Gasteiger partial charge in [0.2, 0.25) is 0 Å². The SMILES string of the molecule is Cc1cc(C)c(CN(C)CCCCO)cc1C. The molecule has 1 aromatic rings. The third kappa shape index (κ3) is 4.49. The van der Waals surface area contributed by atoms with Crippen LogP contribution in [-0.2, 0) is 6.54 Å². The number of unbranched alkanes of at least 4 members (excludes halogenated alkanes) is 1. The van der Waals surface area contributed by atoms with Crippen LogP contribution in [0.25, 0.3) is 0 Å². The first kappa shape index (κ1) is 14.2. The molecule has 17 heavy (non-hydrogen) atoms. The zero-order chi connectivity index (χ0) is 12.8. The van der Waals surface area contributed by atoms with Crippen LogP contribution in [0.4, 0.5) is 0 Å². The Bertz CT molecular complexity index is 360. The molecule has 0 aromatic heterocycles. The molecule has 0 fully saturated rings. The molecule has 2 nitrogen and oxygen atoms in total. The predicted molar refractivity (Wildman–Crippen MR) is 73.3 cm³/mol. The second-order valence-corrected chi connectivity index (χ2v) is 5.03. The largest absolute Gasteiger partial charge is 0.396 e. The number of aryl methyl sites for hydroxylation is 3. The second-order valence-electron chi connectivity index (χ2n) is 5.03. The molecule has 1 aromatic carbocycles. The molecule has 0 amide bonds. The molecule has 2 heteroatoms. The lowest BCUT2D eigenvalue weighted by Gasteiger charge is -2.19. The van der Waals surface area contributed by atoms with Crippen LogP contribution >= 0.6 is 0 Å². The first-order chi connectivity index (χ1) is 8.04. The summed E-state index contributed by atoms with van der Waals surface area (Å²) in [7, 11) is 2.14. The van der Waals surface area contributed by atoms with E-state index in [0.29, 0.717) is 6.61 Å². The van der Waals surface area contributed by atoms with Crippen molar-refractivity contribution in [3.63, 3.8) is 0 Å². The van der Waals surface area contributed by atoms with Crippen LogP contribution in [-0.4, -0.2) is 30.2 Å². The highest BCUT2D eigenvalue weighted by Gasteiger charge is 2.05. The Hall–Kier alpha value is -0.860. The Morgan fingerprint density at radius 3 is 2.29 bits per heavy atom. The maximum atomic E-state index is 8.76. The summed E-state index contributed by atoms with van der Waals surface area (Å²) < 4.78 is 0. The highest BCUT2D eigenvalue weighted by atomic mass is 16.2. The highest BCUT2D eigenvalue weighted by Crippen LogP contribution is 2.16. The second kappa shape index (κ2) is 6.77. The van der Waals surface area contributed by atoms with Gasteiger partial charge in [0.15, 0.2) is 0 Å². The maximum Gasteiger partial charge on any atom is 0.0431 e. The molecule has 0 spiro atoms. The van der Waals surface area contributed by atoms with Crippen molar-refractivity contribution >= 4 is 0 Å². The lowest BCUT2D eigenvalue weighted by atomic mass is 10.0. The van der Waals surface area contributed by atoms with Gasteiger partial charge in [-0.25, -0.2) is 0 Å². The van der Waals surface area contributed by atoms with Gasteiger partial charge in [-0.15, -0.1) is 0 Å². The van der Waals surface area contributed by atoms with E-state index in [1.54, 1.807) is 0 Å². The van der Waals surface area contributed by atoms with Crippen molar-refractivity contribution in [1.29, 1.82) is 0 Å². The Balaban J connectivity index is 2.58. The fraction of sp³-hybridized carbons (Fsp3) is 0.600. The van der Waals surface area contributed by atoms with Gasteiger partial charge in [-0.2, -0.15) is 0 Å². The Kier molecular flexibility index (Phi) is 5.66. The summed E-state index contributed by atoms with van der Waals surface area (Å²) >= 11 is 0. The molecule has 0 bridgehead atoms. The number of aliphatic hydroxyl groups is 1. The van der Waals surface area contributed by atoms with Gasteiger partial charge >= 0.3 is 0 Å². The number of hydrogen-bond acceptors (Lipinski definition) is 2. The van der Waals surface area contributed by atoms with E-state index in [4.69, 9.17) is 5.11 Å². The van der Waals surface area contributed by atoms with Gasteiger partial charge in [0.1, 0.15) is 0 Å². The number of rotatable bonds is 6. The molecule has 96 valence electrons. The minimum absolute atomic E-state index is 0.302. The van der Waals surface area contributed by atoms with E-state index in [1.165, 1.54) is 22.3 Å². The first-order valence-corrected chi connectivity index (χ1v) is 6.40. The fourth-order valence-corrected chi connectivity index (χ4v) is 2.05. The molecule has 0 radical (unpaired) electrons. The Morgan fingerprint density at radius 2 is 1.65 bits per heavy atom. The van der Waals surface area contributed by atoms with Crippen molar-refractivity contribution in [3.8, 4) is 0 Å². The summed E-state index contributed by atoms with van der Waals surface area (Å²) in [4.78, 5) is 2.33. The molecule has 0 aliphatic carbocycles. The van der Waals surface area contributed by atoms with Crippen molar-refractivity contribution in [2.75, 3.05) is 20.2 Å². The van der Waals surface area contributed by atoms with Gasteiger partial charge in [0, 0.05) is 13.2 Å². The van der Waals surface area contributed by atoms with E-state index in [9.17, 15) is 0 Å². The van der Waals surface area contributed by atoms with Crippen molar-refractivity contribution in [2.45, 2.75) is 40.2 Å². The number of hydrogen-bond donors (Lipinski definition) is 1. The summed E-state index contributed by atoms with van der Waals surface area (Å²) in [5, 5.41) is 8.76. The summed E-state index contributed by atoms with van der Waals surface area (Å²) in [5.41, 5.74) is 5.53. The maximum absolute atomic E-state index is 8.76. The minimum atomic E-state index is 0.302. The molecule has 0 saturated heterocycles. The predicted octanol–water partition coefficient (Wildman–Crippen LogP) is 2.82. The molecule has 0 aliphatic rings. The smallest absolute Gasteiger partial charge is 0.0431 e. The zero-order valence-electron chi connectivity index (χ0n) is 11.6. The summed E-state index contributed by atoms with van der Waals surface area (Å²) in [6.07, 6.45) is 1.97. The molecular weight excluding hydrogens is 210 g/mol. The molecule has 0 atom stereocenters. The molecule has 0 aliphatic heterocycles. The van der Waals surface area contributed by atoms with Crippen LogP contribution in [0.2, 0.25) is 0 Å². The van der Waals surface area contributed by atoms with Crippen LogP contribution < -0.4 is 0 Å². The Labute approximate surface area is 105 Å². The molecule has 1 rings (SSSR count). The average molecular weight is 235 g/mol. The van der Waals surface area contributed by atoms with Gasteiger partial charge in [0.25, 0.3) is 0 Å². The Morgan fingerprint density at radius 1 is 1.00 bits per heavy atom.